The third-order valence-corrected chi connectivity index (χ3v) is 6.42. The van der Waals surface area contributed by atoms with Gasteiger partial charge in [-0.2, -0.15) is 0 Å². The summed E-state index contributed by atoms with van der Waals surface area (Å²) in [6, 6.07) is 22.2. The summed E-state index contributed by atoms with van der Waals surface area (Å²) in [5.41, 5.74) is 5.23. The van der Waals surface area contributed by atoms with Crippen LogP contribution in [-0.4, -0.2) is 17.9 Å². The SMILES string of the molecule is COc1c(/C(C)=C/C(=O)Nc2cccc([N+](=O)[O-])c2)cc2c(-c3cccc4ccccc34)coc2c1C. The first-order valence-electron chi connectivity index (χ1n) is 11.7. The number of fused-ring (bicyclic) bond motifs is 2. The molecule has 7 nitrogen and oxygen atoms in total. The third-order valence-electron chi connectivity index (χ3n) is 6.42. The second-order valence-electron chi connectivity index (χ2n) is 8.76. The largest absolute Gasteiger partial charge is 0.496 e. The summed E-state index contributed by atoms with van der Waals surface area (Å²) in [5.74, 6) is 0.211. The Morgan fingerprint density at radius 2 is 1.76 bits per heavy atom. The molecule has 0 bridgehead atoms. The Hall–Kier alpha value is -4.91. The average molecular weight is 493 g/mol. The Labute approximate surface area is 213 Å². The molecular formula is C30H24N2O5. The van der Waals surface area contributed by atoms with E-state index in [1.54, 1.807) is 19.4 Å². The van der Waals surface area contributed by atoms with Crippen LogP contribution in [0.1, 0.15) is 18.1 Å². The molecular weight excluding hydrogens is 468 g/mol. The van der Waals surface area contributed by atoms with Gasteiger partial charge in [-0.25, -0.2) is 0 Å². The molecule has 0 unspecified atom stereocenters. The lowest BCUT2D eigenvalue weighted by Crippen LogP contribution is -2.09. The number of allylic oxidation sites excluding steroid dienone is 1. The van der Waals surface area contributed by atoms with Gasteiger partial charge in [0, 0.05) is 46.0 Å². The van der Waals surface area contributed by atoms with Crippen molar-refractivity contribution >= 4 is 44.6 Å². The number of hydrogen-bond donors (Lipinski definition) is 1. The zero-order valence-corrected chi connectivity index (χ0v) is 20.6. The summed E-state index contributed by atoms with van der Waals surface area (Å²) < 4.78 is 11.7. The highest BCUT2D eigenvalue weighted by Gasteiger charge is 2.20. The van der Waals surface area contributed by atoms with E-state index in [9.17, 15) is 14.9 Å². The average Bonchev–Trinajstić information content (AvgIpc) is 3.32. The number of methoxy groups -OCH3 is 1. The van der Waals surface area contributed by atoms with Gasteiger partial charge in [0.1, 0.15) is 11.3 Å². The van der Waals surface area contributed by atoms with Crippen LogP contribution in [0.4, 0.5) is 11.4 Å². The zero-order valence-electron chi connectivity index (χ0n) is 20.6. The molecule has 184 valence electrons. The van der Waals surface area contributed by atoms with Crippen LogP contribution >= 0.6 is 0 Å². The van der Waals surface area contributed by atoms with Crippen molar-refractivity contribution in [3.8, 4) is 16.9 Å². The quantitative estimate of drug-likeness (QED) is 0.150. The number of hydrogen-bond acceptors (Lipinski definition) is 5. The molecule has 0 aliphatic heterocycles. The first kappa shape index (κ1) is 23.8. The standard InChI is InChI=1S/C30H24N2O5/c1-18(14-28(33)31-21-10-7-11-22(15-21)32(34)35)25-16-26-27(17-37-30(26)19(2)29(25)36-3)24-13-6-9-20-8-4-5-12-23(20)24/h4-17H,1-3H3,(H,31,33)/b18-14+. The molecule has 1 amide bonds. The predicted octanol–water partition coefficient (Wildman–Crippen LogP) is 7.52. The van der Waals surface area contributed by atoms with Crippen LogP contribution in [0.15, 0.2) is 89.6 Å². The molecule has 7 heteroatoms. The predicted molar refractivity (Wildman–Crippen MR) is 146 cm³/mol. The van der Waals surface area contributed by atoms with Crippen LogP contribution in [0.5, 0.6) is 5.75 Å². The molecule has 1 heterocycles. The number of carbonyl (C=O) groups excluding carboxylic acids is 1. The molecule has 1 N–H and O–H groups in total. The highest BCUT2D eigenvalue weighted by molar-refractivity contribution is 6.08. The monoisotopic (exact) mass is 492 g/mol. The Balaban J connectivity index is 1.58. The number of carbonyl (C=O) groups is 1. The van der Waals surface area contributed by atoms with Crippen molar-refractivity contribution in [1.29, 1.82) is 0 Å². The van der Waals surface area contributed by atoms with Crippen LogP contribution in [0.25, 0.3) is 38.4 Å². The van der Waals surface area contributed by atoms with Gasteiger partial charge >= 0.3 is 0 Å². The number of furan rings is 1. The number of nitro groups is 1. The molecule has 0 radical (unpaired) electrons. The summed E-state index contributed by atoms with van der Waals surface area (Å²) in [4.78, 5) is 23.3. The summed E-state index contributed by atoms with van der Waals surface area (Å²) in [5, 5.41) is 16.9. The fourth-order valence-corrected chi connectivity index (χ4v) is 4.69. The normalized spacial score (nSPS) is 11.6. The second-order valence-corrected chi connectivity index (χ2v) is 8.76. The molecule has 0 aliphatic rings. The van der Waals surface area contributed by atoms with E-state index >= 15 is 0 Å². The smallest absolute Gasteiger partial charge is 0.271 e. The van der Waals surface area contributed by atoms with Gasteiger partial charge in [0.25, 0.3) is 5.69 Å². The minimum absolute atomic E-state index is 0.0952. The first-order valence-corrected chi connectivity index (χ1v) is 11.7. The lowest BCUT2D eigenvalue weighted by Gasteiger charge is -2.14. The summed E-state index contributed by atoms with van der Waals surface area (Å²) in [6.45, 7) is 3.76. The summed E-state index contributed by atoms with van der Waals surface area (Å²) >= 11 is 0. The van der Waals surface area contributed by atoms with Crippen molar-refractivity contribution in [2.24, 2.45) is 0 Å². The molecule has 4 aromatic carbocycles. The number of nitrogens with one attached hydrogen (secondary N) is 1. The van der Waals surface area contributed by atoms with Crippen LogP contribution in [0.2, 0.25) is 0 Å². The maximum atomic E-state index is 12.8. The molecule has 0 fully saturated rings. The van der Waals surface area contributed by atoms with Crippen molar-refractivity contribution in [2.45, 2.75) is 13.8 Å². The fraction of sp³-hybridized carbons (Fsp3) is 0.100. The highest BCUT2D eigenvalue weighted by atomic mass is 16.6. The maximum Gasteiger partial charge on any atom is 0.271 e. The molecule has 0 spiro atoms. The maximum absolute atomic E-state index is 12.8. The third kappa shape index (κ3) is 4.43. The number of anilines is 1. The molecule has 0 saturated heterocycles. The Bertz CT molecular complexity index is 1710. The van der Waals surface area contributed by atoms with E-state index in [0.29, 0.717) is 17.0 Å². The second kappa shape index (κ2) is 9.62. The number of amides is 1. The van der Waals surface area contributed by atoms with Gasteiger partial charge in [-0.05, 0) is 47.9 Å². The van der Waals surface area contributed by atoms with Crippen molar-refractivity contribution in [3.63, 3.8) is 0 Å². The van der Waals surface area contributed by atoms with Crippen molar-refractivity contribution < 1.29 is 18.9 Å². The van der Waals surface area contributed by atoms with E-state index in [-0.39, 0.29) is 5.69 Å². The van der Waals surface area contributed by atoms with Gasteiger partial charge in [-0.1, -0.05) is 48.5 Å². The van der Waals surface area contributed by atoms with E-state index in [1.807, 2.05) is 38.1 Å². The van der Waals surface area contributed by atoms with Gasteiger partial charge in [0.2, 0.25) is 5.91 Å². The fourth-order valence-electron chi connectivity index (χ4n) is 4.69. The van der Waals surface area contributed by atoms with Gasteiger partial charge < -0.3 is 14.5 Å². The lowest BCUT2D eigenvalue weighted by molar-refractivity contribution is -0.384. The van der Waals surface area contributed by atoms with E-state index in [2.05, 4.69) is 29.6 Å². The topological polar surface area (TPSA) is 94.6 Å². The molecule has 0 saturated carbocycles. The van der Waals surface area contributed by atoms with Crippen LogP contribution in [0.3, 0.4) is 0 Å². The highest BCUT2D eigenvalue weighted by Crippen LogP contribution is 2.42. The Morgan fingerprint density at radius 1 is 1.00 bits per heavy atom. The molecule has 37 heavy (non-hydrogen) atoms. The van der Waals surface area contributed by atoms with Crippen LogP contribution in [0, 0.1) is 17.0 Å². The van der Waals surface area contributed by atoms with Gasteiger partial charge in [0.15, 0.2) is 0 Å². The number of ether oxygens (including phenoxy) is 1. The Kier molecular flexibility index (Phi) is 6.19. The number of nitro benzene ring substituents is 1. The molecule has 5 rings (SSSR count). The van der Waals surface area contributed by atoms with Crippen molar-refractivity contribution in [3.05, 3.63) is 106 Å². The number of rotatable bonds is 6. The first-order chi connectivity index (χ1) is 17.9. The number of benzene rings is 4. The van der Waals surface area contributed by atoms with E-state index in [1.165, 1.54) is 24.3 Å². The van der Waals surface area contributed by atoms with Crippen molar-refractivity contribution in [2.75, 3.05) is 12.4 Å². The minimum atomic E-state index is -0.502. The van der Waals surface area contributed by atoms with Gasteiger partial charge in [-0.15, -0.1) is 0 Å². The molecule has 1 aromatic heterocycles. The van der Waals surface area contributed by atoms with E-state index in [0.717, 1.165) is 44.0 Å². The summed E-state index contributed by atoms with van der Waals surface area (Å²) in [6.07, 6.45) is 3.22. The van der Waals surface area contributed by atoms with E-state index < -0.39 is 10.8 Å². The number of nitrogens with zero attached hydrogens (tertiary/aromatic N) is 1. The number of aryl methyl sites for hydroxylation is 1. The molecule has 0 aliphatic carbocycles. The zero-order chi connectivity index (χ0) is 26.1. The Morgan fingerprint density at radius 3 is 2.54 bits per heavy atom. The van der Waals surface area contributed by atoms with Crippen LogP contribution < -0.4 is 10.1 Å². The van der Waals surface area contributed by atoms with Crippen molar-refractivity contribution in [1.82, 2.24) is 0 Å². The van der Waals surface area contributed by atoms with E-state index in [4.69, 9.17) is 9.15 Å². The summed E-state index contributed by atoms with van der Waals surface area (Å²) in [7, 11) is 1.59. The van der Waals surface area contributed by atoms with Gasteiger partial charge in [0.05, 0.1) is 18.3 Å². The molecule has 5 aromatic rings. The number of non-ortho nitro benzene ring substituents is 1. The van der Waals surface area contributed by atoms with Gasteiger partial charge in [-0.3, -0.25) is 14.9 Å². The lowest BCUT2D eigenvalue weighted by atomic mass is 9.94. The molecule has 0 atom stereocenters. The van der Waals surface area contributed by atoms with Crippen LogP contribution in [-0.2, 0) is 4.79 Å². The minimum Gasteiger partial charge on any atom is -0.496 e.